The van der Waals surface area contributed by atoms with Gasteiger partial charge in [-0.15, -0.1) is 0 Å². The van der Waals surface area contributed by atoms with Crippen molar-refractivity contribution in [2.45, 2.75) is 31.3 Å². The van der Waals surface area contributed by atoms with Crippen molar-refractivity contribution in [1.82, 2.24) is 9.62 Å². The van der Waals surface area contributed by atoms with Crippen LogP contribution in [0.4, 0.5) is 0 Å². The molecule has 1 N–H and O–H groups in total. The molecule has 0 saturated carbocycles. The SMILES string of the molecule is Cc1ccc(CN(CC(=O)NC(c2ccccc2)c2ccccc2)S(=O)(=O)c2ccc(C)cc2)cc1. The van der Waals surface area contributed by atoms with Crippen LogP contribution < -0.4 is 5.32 Å². The zero-order valence-electron chi connectivity index (χ0n) is 20.5. The van der Waals surface area contributed by atoms with Gasteiger partial charge in [0.15, 0.2) is 0 Å². The summed E-state index contributed by atoms with van der Waals surface area (Å²) >= 11 is 0. The summed E-state index contributed by atoms with van der Waals surface area (Å²) in [6.07, 6.45) is 0. The highest BCUT2D eigenvalue weighted by Crippen LogP contribution is 2.23. The fourth-order valence-electron chi connectivity index (χ4n) is 4.00. The normalized spacial score (nSPS) is 11.6. The fraction of sp³-hybridized carbons (Fsp3) is 0.167. The average molecular weight is 499 g/mol. The molecule has 6 heteroatoms. The summed E-state index contributed by atoms with van der Waals surface area (Å²) in [6, 6.07) is 33.3. The molecule has 0 aliphatic rings. The number of sulfonamides is 1. The number of nitrogens with one attached hydrogen (secondary N) is 1. The van der Waals surface area contributed by atoms with E-state index in [1.165, 1.54) is 4.31 Å². The minimum absolute atomic E-state index is 0.0885. The lowest BCUT2D eigenvalue weighted by molar-refractivity contribution is -0.121. The van der Waals surface area contributed by atoms with Gasteiger partial charge in [-0.3, -0.25) is 4.79 Å². The maximum atomic E-state index is 13.6. The Bertz CT molecular complexity index is 1350. The minimum atomic E-state index is -3.91. The average Bonchev–Trinajstić information content (AvgIpc) is 2.89. The second kappa shape index (κ2) is 11.3. The Labute approximate surface area is 213 Å². The third-order valence-electron chi connectivity index (χ3n) is 6.03. The summed E-state index contributed by atoms with van der Waals surface area (Å²) < 4.78 is 28.5. The molecule has 5 nitrogen and oxygen atoms in total. The first-order chi connectivity index (χ1) is 17.3. The van der Waals surface area contributed by atoms with Gasteiger partial charge >= 0.3 is 0 Å². The number of aryl methyl sites for hydroxylation is 2. The molecule has 184 valence electrons. The molecular weight excluding hydrogens is 468 g/mol. The van der Waals surface area contributed by atoms with E-state index >= 15 is 0 Å². The van der Waals surface area contributed by atoms with Gasteiger partial charge in [-0.25, -0.2) is 8.42 Å². The zero-order chi connectivity index (χ0) is 25.5. The molecule has 0 aliphatic heterocycles. The standard InChI is InChI=1S/C30H30N2O3S/c1-23-13-17-25(18-14-23)21-32(36(34,35)28-19-15-24(2)16-20-28)22-29(33)31-30(26-9-5-3-6-10-26)27-11-7-4-8-12-27/h3-20,30H,21-22H2,1-2H3,(H,31,33). The van der Waals surface area contributed by atoms with Crippen LogP contribution in [-0.4, -0.2) is 25.2 Å². The lowest BCUT2D eigenvalue weighted by Gasteiger charge is -2.25. The van der Waals surface area contributed by atoms with E-state index in [4.69, 9.17) is 0 Å². The Balaban J connectivity index is 1.63. The van der Waals surface area contributed by atoms with Crippen molar-refractivity contribution >= 4 is 15.9 Å². The van der Waals surface area contributed by atoms with E-state index in [0.717, 1.165) is 27.8 Å². The van der Waals surface area contributed by atoms with Crippen molar-refractivity contribution in [3.8, 4) is 0 Å². The second-order valence-electron chi connectivity index (χ2n) is 8.89. The van der Waals surface area contributed by atoms with Gasteiger partial charge in [0.1, 0.15) is 0 Å². The molecule has 4 aromatic carbocycles. The van der Waals surface area contributed by atoms with Gasteiger partial charge in [0.05, 0.1) is 17.5 Å². The quantitative estimate of drug-likeness (QED) is 0.336. The van der Waals surface area contributed by atoms with Gasteiger partial charge in [-0.2, -0.15) is 4.31 Å². The van der Waals surface area contributed by atoms with Crippen molar-refractivity contribution in [3.63, 3.8) is 0 Å². The van der Waals surface area contributed by atoms with Gasteiger partial charge in [0.25, 0.3) is 0 Å². The van der Waals surface area contributed by atoms with Crippen LogP contribution in [0.3, 0.4) is 0 Å². The van der Waals surface area contributed by atoms with Crippen LogP contribution in [-0.2, 0) is 21.4 Å². The topological polar surface area (TPSA) is 66.5 Å². The highest BCUT2D eigenvalue weighted by molar-refractivity contribution is 7.89. The van der Waals surface area contributed by atoms with Gasteiger partial charge in [-0.1, -0.05) is 108 Å². The summed E-state index contributed by atoms with van der Waals surface area (Å²) in [5, 5.41) is 3.06. The van der Waals surface area contributed by atoms with Crippen LogP contribution in [0.15, 0.2) is 114 Å². The molecule has 36 heavy (non-hydrogen) atoms. The first-order valence-corrected chi connectivity index (χ1v) is 13.3. The fourth-order valence-corrected chi connectivity index (χ4v) is 5.38. The van der Waals surface area contributed by atoms with Crippen LogP contribution >= 0.6 is 0 Å². The Hall–Kier alpha value is -3.74. The van der Waals surface area contributed by atoms with Crippen molar-refractivity contribution in [2.24, 2.45) is 0 Å². The number of carbonyl (C=O) groups excluding carboxylic acids is 1. The molecule has 0 bridgehead atoms. The molecule has 0 atom stereocenters. The highest BCUT2D eigenvalue weighted by Gasteiger charge is 2.28. The van der Waals surface area contributed by atoms with E-state index in [2.05, 4.69) is 5.32 Å². The first kappa shape index (κ1) is 25.4. The molecular formula is C30H30N2O3S. The van der Waals surface area contributed by atoms with E-state index in [9.17, 15) is 13.2 Å². The smallest absolute Gasteiger partial charge is 0.243 e. The van der Waals surface area contributed by atoms with Gasteiger partial charge < -0.3 is 5.32 Å². The number of hydrogen-bond acceptors (Lipinski definition) is 3. The molecule has 0 aromatic heterocycles. The molecule has 0 heterocycles. The molecule has 1 amide bonds. The lowest BCUT2D eigenvalue weighted by Crippen LogP contribution is -2.41. The number of hydrogen-bond donors (Lipinski definition) is 1. The molecule has 0 radical (unpaired) electrons. The van der Waals surface area contributed by atoms with Crippen LogP contribution in [0, 0.1) is 13.8 Å². The molecule has 0 fully saturated rings. The summed E-state index contributed by atoms with van der Waals surface area (Å²) in [4.78, 5) is 13.5. The third-order valence-corrected chi connectivity index (χ3v) is 7.84. The van der Waals surface area contributed by atoms with Crippen molar-refractivity contribution in [3.05, 3.63) is 137 Å². The van der Waals surface area contributed by atoms with Crippen LogP contribution in [0.2, 0.25) is 0 Å². The van der Waals surface area contributed by atoms with Crippen molar-refractivity contribution in [1.29, 1.82) is 0 Å². The van der Waals surface area contributed by atoms with Crippen LogP contribution in [0.5, 0.6) is 0 Å². The largest absolute Gasteiger partial charge is 0.344 e. The monoisotopic (exact) mass is 498 g/mol. The van der Waals surface area contributed by atoms with Crippen molar-refractivity contribution in [2.75, 3.05) is 6.54 Å². The maximum absolute atomic E-state index is 13.6. The molecule has 4 aromatic rings. The first-order valence-electron chi connectivity index (χ1n) is 11.8. The molecule has 0 aliphatic carbocycles. The lowest BCUT2D eigenvalue weighted by atomic mass is 9.99. The van der Waals surface area contributed by atoms with Gasteiger partial charge in [-0.05, 0) is 42.7 Å². The van der Waals surface area contributed by atoms with Crippen molar-refractivity contribution < 1.29 is 13.2 Å². The number of nitrogens with zero attached hydrogens (tertiary/aromatic N) is 1. The predicted molar refractivity (Wildman–Crippen MR) is 143 cm³/mol. The summed E-state index contributed by atoms with van der Waals surface area (Å²) in [5.74, 6) is -0.379. The molecule has 0 saturated heterocycles. The van der Waals surface area contributed by atoms with Crippen LogP contribution in [0.25, 0.3) is 0 Å². The predicted octanol–water partition coefficient (Wildman–Crippen LogP) is 5.40. The van der Waals surface area contributed by atoms with E-state index in [1.54, 1.807) is 24.3 Å². The molecule has 4 rings (SSSR count). The molecule has 0 unspecified atom stereocenters. The van der Waals surface area contributed by atoms with Gasteiger partial charge in [0, 0.05) is 6.54 Å². The third kappa shape index (κ3) is 6.27. The maximum Gasteiger partial charge on any atom is 0.243 e. The Morgan fingerprint density at radius 1 is 0.722 bits per heavy atom. The number of amides is 1. The Morgan fingerprint density at radius 2 is 1.19 bits per heavy atom. The Kier molecular flexibility index (Phi) is 7.98. The number of carbonyl (C=O) groups is 1. The Morgan fingerprint density at radius 3 is 1.69 bits per heavy atom. The summed E-state index contributed by atoms with van der Waals surface area (Å²) in [7, 11) is -3.91. The van der Waals surface area contributed by atoms with E-state index in [0.29, 0.717) is 0 Å². The summed E-state index contributed by atoms with van der Waals surface area (Å²) in [5.41, 5.74) is 4.70. The van der Waals surface area contributed by atoms with E-state index in [1.807, 2.05) is 98.8 Å². The van der Waals surface area contributed by atoms with Crippen LogP contribution in [0.1, 0.15) is 33.9 Å². The highest BCUT2D eigenvalue weighted by atomic mass is 32.2. The zero-order valence-corrected chi connectivity index (χ0v) is 21.3. The second-order valence-corrected chi connectivity index (χ2v) is 10.8. The number of rotatable bonds is 9. The minimum Gasteiger partial charge on any atom is -0.344 e. The number of benzene rings is 4. The van der Waals surface area contributed by atoms with Gasteiger partial charge in [0.2, 0.25) is 15.9 Å². The van der Waals surface area contributed by atoms with E-state index in [-0.39, 0.29) is 23.9 Å². The summed E-state index contributed by atoms with van der Waals surface area (Å²) in [6.45, 7) is 3.66. The van der Waals surface area contributed by atoms with E-state index < -0.39 is 16.1 Å². The molecule has 0 spiro atoms.